The molecule has 5 heteroatoms. The smallest absolute Gasteiger partial charge is 0.339 e. The Morgan fingerprint density at radius 3 is 2.76 bits per heavy atom. The van der Waals surface area contributed by atoms with Crippen LogP contribution in [-0.2, 0) is 10.5 Å². The highest BCUT2D eigenvalue weighted by Gasteiger charge is 2.15. The molecule has 0 amide bonds. The maximum Gasteiger partial charge on any atom is 0.339 e. The fourth-order valence-corrected chi connectivity index (χ4v) is 2.83. The molecule has 0 aliphatic carbocycles. The number of thioether (sulfide) groups is 1. The first-order chi connectivity index (χ1) is 10.0. The summed E-state index contributed by atoms with van der Waals surface area (Å²) in [5.41, 5.74) is 8.16. The number of hydrogen-bond acceptors (Lipinski definition) is 4. The standard InChI is InChI=1S/C16H16FNO2S/c1-10-4-3-5-11(6-10)9-21-15-7-12(16(19)20-2)14(18)8-13(15)17/h3-8H,9,18H2,1-2H3. The van der Waals surface area contributed by atoms with Crippen molar-refractivity contribution in [2.24, 2.45) is 0 Å². The highest BCUT2D eigenvalue weighted by atomic mass is 32.2. The molecule has 0 saturated carbocycles. The second kappa shape index (κ2) is 6.63. The Balaban J connectivity index is 2.21. The van der Waals surface area contributed by atoms with Gasteiger partial charge in [-0.2, -0.15) is 0 Å². The molecule has 2 N–H and O–H groups in total. The Hall–Kier alpha value is -2.01. The van der Waals surface area contributed by atoms with E-state index in [1.165, 1.54) is 24.9 Å². The summed E-state index contributed by atoms with van der Waals surface area (Å²) >= 11 is 1.32. The van der Waals surface area contributed by atoms with E-state index in [-0.39, 0.29) is 11.3 Å². The monoisotopic (exact) mass is 305 g/mol. The van der Waals surface area contributed by atoms with Crippen LogP contribution >= 0.6 is 11.8 Å². The molecule has 0 heterocycles. The number of hydrogen-bond donors (Lipinski definition) is 1. The van der Waals surface area contributed by atoms with Crippen LogP contribution in [0.5, 0.6) is 0 Å². The molecule has 21 heavy (non-hydrogen) atoms. The molecular formula is C16H16FNO2S. The van der Waals surface area contributed by atoms with E-state index < -0.39 is 11.8 Å². The molecule has 0 atom stereocenters. The molecule has 2 rings (SSSR count). The minimum absolute atomic E-state index is 0.0826. The summed E-state index contributed by atoms with van der Waals surface area (Å²) in [4.78, 5) is 12.0. The van der Waals surface area contributed by atoms with Gasteiger partial charge in [-0.3, -0.25) is 0 Å². The zero-order valence-corrected chi connectivity index (χ0v) is 12.7. The van der Waals surface area contributed by atoms with E-state index in [1.807, 2.05) is 31.2 Å². The first-order valence-electron chi connectivity index (χ1n) is 6.37. The Labute approximate surface area is 127 Å². The van der Waals surface area contributed by atoms with Gasteiger partial charge >= 0.3 is 5.97 Å². The van der Waals surface area contributed by atoms with Crippen molar-refractivity contribution in [1.82, 2.24) is 0 Å². The van der Waals surface area contributed by atoms with Crippen LogP contribution in [0.3, 0.4) is 0 Å². The molecule has 3 nitrogen and oxygen atoms in total. The molecule has 0 bridgehead atoms. The Morgan fingerprint density at radius 1 is 1.33 bits per heavy atom. The number of carbonyl (C=O) groups excluding carboxylic acids is 1. The molecule has 0 saturated heterocycles. The summed E-state index contributed by atoms with van der Waals surface area (Å²) in [5, 5.41) is 0. The van der Waals surface area contributed by atoms with E-state index in [0.717, 1.165) is 17.2 Å². The number of esters is 1. The largest absolute Gasteiger partial charge is 0.465 e. The van der Waals surface area contributed by atoms with Crippen LogP contribution < -0.4 is 5.73 Å². The minimum atomic E-state index is -0.565. The Morgan fingerprint density at radius 2 is 2.10 bits per heavy atom. The van der Waals surface area contributed by atoms with Crippen molar-refractivity contribution in [2.75, 3.05) is 12.8 Å². The molecule has 2 aromatic carbocycles. The van der Waals surface area contributed by atoms with Gasteiger partial charge in [-0.1, -0.05) is 29.8 Å². The number of methoxy groups -OCH3 is 1. The predicted molar refractivity (Wildman–Crippen MR) is 82.9 cm³/mol. The first kappa shape index (κ1) is 15.4. The van der Waals surface area contributed by atoms with Gasteiger partial charge in [0.05, 0.1) is 12.7 Å². The number of carbonyl (C=O) groups is 1. The summed E-state index contributed by atoms with van der Waals surface area (Å²) in [5.74, 6) is -0.383. The van der Waals surface area contributed by atoms with Crippen LogP contribution in [0.2, 0.25) is 0 Å². The predicted octanol–water partition coefficient (Wildman–Crippen LogP) is 3.80. The molecule has 0 aromatic heterocycles. The quantitative estimate of drug-likeness (QED) is 0.530. The Bertz CT molecular complexity index is 673. The molecule has 0 aliphatic heterocycles. The number of ether oxygens (including phenoxy) is 1. The molecule has 0 aliphatic rings. The topological polar surface area (TPSA) is 52.3 Å². The lowest BCUT2D eigenvalue weighted by molar-refractivity contribution is 0.0601. The summed E-state index contributed by atoms with van der Waals surface area (Å²) < 4.78 is 18.6. The van der Waals surface area contributed by atoms with Crippen molar-refractivity contribution >= 4 is 23.4 Å². The lowest BCUT2D eigenvalue weighted by atomic mass is 10.2. The SMILES string of the molecule is COC(=O)c1cc(SCc2cccc(C)c2)c(F)cc1N. The fraction of sp³-hybridized carbons (Fsp3) is 0.188. The number of halogens is 1. The van der Waals surface area contributed by atoms with E-state index in [2.05, 4.69) is 4.74 Å². The van der Waals surface area contributed by atoms with Gasteiger partial charge < -0.3 is 10.5 Å². The summed E-state index contributed by atoms with van der Waals surface area (Å²) in [6, 6.07) is 10.6. The molecule has 0 radical (unpaired) electrons. The van der Waals surface area contributed by atoms with Gasteiger partial charge in [-0.25, -0.2) is 9.18 Å². The van der Waals surface area contributed by atoms with Gasteiger partial charge in [-0.05, 0) is 24.6 Å². The van der Waals surface area contributed by atoms with Crippen LogP contribution in [0.15, 0.2) is 41.3 Å². The van der Waals surface area contributed by atoms with E-state index in [4.69, 9.17) is 5.73 Å². The normalized spacial score (nSPS) is 10.4. The minimum Gasteiger partial charge on any atom is -0.465 e. The number of nitrogens with two attached hydrogens (primary N) is 1. The van der Waals surface area contributed by atoms with Gasteiger partial charge in [0.25, 0.3) is 0 Å². The van der Waals surface area contributed by atoms with Crippen molar-refractivity contribution in [3.05, 3.63) is 58.9 Å². The highest BCUT2D eigenvalue weighted by molar-refractivity contribution is 7.98. The lowest BCUT2D eigenvalue weighted by Crippen LogP contribution is -2.06. The summed E-state index contributed by atoms with van der Waals surface area (Å²) in [6.07, 6.45) is 0. The van der Waals surface area contributed by atoms with Gasteiger partial charge in [-0.15, -0.1) is 11.8 Å². The average Bonchev–Trinajstić information content (AvgIpc) is 2.45. The third kappa shape index (κ3) is 3.76. The molecule has 0 spiro atoms. The number of benzene rings is 2. The van der Waals surface area contributed by atoms with Crippen LogP contribution in [-0.4, -0.2) is 13.1 Å². The number of aryl methyl sites for hydroxylation is 1. The molecule has 0 unspecified atom stereocenters. The molecule has 110 valence electrons. The van der Waals surface area contributed by atoms with Crippen LogP contribution in [0.1, 0.15) is 21.5 Å². The third-order valence-electron chi connectivity index (χ3n) is 2.99. The zero-order valence-electron chi connectivity index (χ0n) is 11.9. The van der Waals surface area contributed by atoms with Gasteiger partial charge in [0.15, 0.2) is 0 Å². The highest BCUT2D eigenvalue weighted by Crippen LogP contribution is 2.29. The van der Waals surface area contributed by atoms with Crippen molar-refractivity contribution in [1.29, 1.82) is 0 Å². The second-order valence-corrected chi connectivity index (χ2v) is 5.66. The first-order valence-corrected chi connectivity index (χ1v) is 7.35. The number of rotatable bonds is 4. The van der Waals surface area contributed by atoms with Crippen molar-refractivity contribution in [3.8, 4) is 0 Å². The maximum absolute atomic E-state index is 13.9. The van der Waals surface area contributed by atoms with Gasteiger partial charge in [0.2, 0.25) is 0 Å². The summed E-state index contributed by atoms with van der Waals surface area (Å²) in [6.45, 7) is 2.01. The number of anilines is 1. The third-order valence-corrected chi connectivity index (χ3v) is 4.09. The van der Waals surface area contributed by atoms with Gasteiger partial charge in [0, 0.05) is 16.3 Å². The van der Waals surface area contributed by atoms with Gasteiger partial charge in [0.1, 0.15) is 5.82 Å². The zero-order chi connectivity index (χ0) is 15.4. The lowest BCUT2D eigenvalue weighted by Gasteiger charge is -2.09. The van der Waals surface area contributed by atoms with Crippen molar-refractivity contribution in [2.45, 2.75) is 17.6 Å². The van der Waals surface area contributed by atoms with E-state index >= 15 is 0 Å². The van der Waals surface area contributed by atoms with E-state index in [1.54, 1.807) is 0 Å². The van der Waals surface area contributed by atoms with Crippen molar-refractivity contribution in [3.63, 3.8) is 0 Å². The van der Waals surface area contributed by atoms with Crippen LogP contribution in [0.4, 0.5) is 10.1 Å². The fourth-order valence-electron chi connectivity index (χ4n) is 1.93. The molecule has 2 aromatic rings. The van der Waals surface area contributed by atoms with Crippen molar-refractivity contribution < 1.29 is 13.9 Å². The van der Waals surface area contributed by atoms with Crippen LogP contribution in [0, 0.1) is 12.7 Å². The molecular weight excluding hydrogens is 289 g/mol. The Kier molecular flexibility index (Phi) is 4.85. The molecule has 0 fully saturated rings. The maximum atomic E-state index is 13.9. The van der Waals surface area contributed by atoms with Crippen LogP contribution in [0.25, 0.3) is 0 Å². The average molecular weight is 305 g/mol. The van der Waals surface area contributed by atoms with E-state index in [0.29, 0.717) is 10.6 Å². The number of nitrogen functional groups attached to an aromatic ring is 1. The van der Waals surface area contributed by atoms with E-state index in [9.17, 15) is 9.18 Å². The summed E-state index contributed by atoms with van der Waals surface area (Å²) in [7, 11) is 1.27. The second-order valence-electron chi connectivity index (χ2n) is 4.64.